The number of aromatic nitrogens is 2. The maximum absolute atomic E-state index is 4.59. The molecule has 0 aromatic carbocycles. The summed E-state index contributed by atoms with van der Waals surface area (Å²) in [5.74, 6) is 0.721. The van der Waals surface area contributed by atoms with Crippen LogP contribution in [0.1, 0.15) is 39.1 Å². The van der Waals surface area contributed by atoms with E-state index in [1.165, 1.54) is 11.4 Å². The van der Waals surface area contributed by atoms with Gasteiger partial charge in [-0.1, -0.05) is 20.8 Å². The first-order valence-electron chi connectivity index (χ1n) is 7.51. The van der Waals surface area contributed by atoms with Crippen molar-refractivity contribution in [1.29, 1.82) is 0 Å². The van der Waals surface area contributed by atoms with Crippen molar-refractivity contribution in [2.75, 3.05) is 26.7 Å². The predicted molar refractivity (Wildman–Crippen MR) is 81.3 cm³/mol. The van der Waals surface area contributed by atoms with Crippen LogP contribution in [0.4, 0.5) is 0 Å². The topological polar surface area (TPSA) is 33.1 Å². The van der Waals surface area contributed by atoms with Gasteiger partial charge in [0.15, 0.2) is 0 Å². The zero-order valence-electron chi connectivity index (χ0n) is 13.2. The molecule has 0 aliphatic carbocycles. The second kappa shape index (κ2) is 8.33. The Labute approximate surface area is 118 Å². The van der Waals surface area contributed by atoms with E-state index in [0.717, 1.165) is 45.1 Å². The van der Waals surface area contributed by atoms with Crippen LogP contribution in [-0.2, 0) is 19.5 Å². The van der Waals surface area contributed by atoms with Gasteiger partial charge in [-0.2, -0.15) is 5.10 Å². The summed E-state index contributed by atoms with van der Waals surface area (Å²) in [6.07, 6.45) is 1.01. The normalized spacial score (nSPS) is 11.7. The Morgan fingerprint density at radius 1 is 1.37 bits per heavy atom. The fraction of sp³-hybridized carbons (Fsp3) is 0.800. The summed E-state index contributed by atoms with van der Waals surface area (Å²) in [7, 11) is 2.18. The van der Waals surface area contributed by atoms with Crippen LogP contribution >= 0.6 is 0 Å². The predicted octanol–water partition coefficient (Wildman–Crippen LogP) is 2.14. The van der Waals surface area contributed by atoms with Gasteiger partial charge in [-0.05, 0) is 38.9 Å². The van der Waals surface area contributed by atoms with Crippen molar-refractivity contribution < 1.29 is 0 Å². The first kappa shape index (κ1) is 16.2. The fourth-order valence-electron chi connectivity index (χ4n) is 2.11. The molecule has 1 aromatic rings. The van der Waals surface area contributed by atoms with Crippen LogP contribution in [0.25, 0.3) is 0 Å². The van der Waals surface area contributed by atoms with Gasteiger partial charge in [0.05, 0.1) is 11.4 Å². The Morgan fingerprint density at radius 2 is 2.11 bits per heavy atom. The monoisotopic (exact) mass is 266 g/mol. The summed E-state index contributed by atoms with van der Waals surface area (Å²) in [6.45, 7) is 13.9. The molecule has 0 amide bonds. The molecule has 1 aromatic heterocycles. The van der Waals surface area contributed by atoms with Gasteiger partial charge in [0, 0.05) is 26.2 Å². The third kappa shape index (κ3) is 5.74. The summed E-state index contributed by atoms with van der Waals surface area (Å²) in [6, 6.07) is 2.24. The first-order valence-corrected chi connectivity index (χ1v) is 7.51. The van der Waals surface area contributed by atoms with Gasteiger partial charge in [0.25, 0.3) is 0 Å². The van der Waals surface area contributed by atoms with Crippen molar-refractivity contribution in [2.24, 2.45) is 5.92 Å². The van der Waals surface area contributed by atoms with Gasteiger partial charge in [-0.3, -0.25) is 9.58 Å². The summed E-state index contributed by atoms with van der Waals surface area (Å²) >= 11 is 0. The van der Waals surface area contributed by atoms with Crippen LogP contribution in [0.3, 0.4) is 0 Å². The molecule has 0 fully saturated rings. The number of rotatable bonds is 9. The average Bonchev–Trinajstić information content (AvgIpc) is 2.76. The Kier molecular flexibility index (Phi) is 7.10. The molecule has 0 atom stereocenters. The minimum Gasteiger partial charge on any atom is -0.315 e. The van der Waals surface area contributed by atoms with Gasteiger partial charge in [-0.25, -0.2) is 0 Å². The maximum Gasteiger partial charge on any atom is 0.0625 e. The highest BCUT2D eigenvalue weighted by Gasteiger charge is 2.08. The SMILES string of the molecule is CCc1cc(CN(C)CCNCC(C)C)n(CC)n1. The smallest absolute Gasteiger partial charge is 0.0625 e. The van der Waals surface area contributed by atoms with E-state index in [0.29, 0.717) is 0 Å². The zero-order valence-corrected chi connectivity index (χ0v) is 13.2. The van der Waals surface area contributed by atoms with Gasteiger partial charge in [0.1, 0.15) is 0 Å². The number of nitrogens with one attached hydrogen (secondary N) is 1. The molecule has 4 nitrogen and oxygen atoms in total. The third-order valence-corrected chi connectivity index (χ3v) is 3.23. The van der Waals surface area contributed by atoms with Crippen molar-refractivity contribution in [2.45, 2.75) is 47.2 Å². The number of aryl methyl sites for hydroxylation is 2. The molecule has 110 valence electrons. The molecule has 0 saturated heterocycles. The van der Waals surface area contributed by atoms with E-state index in [4.69, 9.17) is 0 Å². The highest BCUT2D eigenvalue weighted by molar-refractivity contribution is 5.10. The van der Waals surface area contributed by atoms with E-state index in [9.17, 15) is 0 Å². The van der Waals surface area contributed by atoms with Gasteiger partial charge < -0.3 is 5.32 Å². The summed E-state index contributed by atoms with van der Waals surface area (Å²) in [5.41, 5.74) is 2.52. The Balaban J connectivity index is 2.38. The molecular weight excluding hydrogens is 236 g/mol. The zero-order chi connectivity index (χ0) is 14.3. The standard InChI is InChI=1S/C15H30N4/c1-6-14-10-15(19(7-2)17-14)12-18(5)9-8-16-11-13(3)4/h10,13,16H,6-9,11-12H2,1-5H3. The molecule has 19 heavy (non-hydrogen) atoms. The molecule has 4 heteroatoms. The van der Waals surface area contributed by atoms with Crippen LogP contribution < -0.4 is 5.32 Å². The van der Waals surface area contributed by atoms with Crippen molar-refractivity contribution in [3.63, 3.8) is 0 Å². The molecule has 0 aliphatic rings. The Morgan fingerprint density at radius 3 is 2.68 bits per heavy atom. The number of hydrogen-bond donors (Lipinski definition) is 1. The average molecular weight is 266 g/mol. The molecule has 0 spiro atoms. The number of likely N-dealkylation sites (N-methyl/N-ethyl adjacent to an activating group) is 1. The van der Waals surface area contributed by atoms with E-state index >= 15 is 0 Å². The van der Waals surface area contributed by atoms with E-state index in [-0.39, 0.29) is 0 Å². The number of hydrogen-bond acceptors (Lipinski definition) is 3. The first-order chi connectivity index (χ1) is 9.06. The highest BCUT2D eigenvalue weighted by atomic mass is 15.3. The largest absolute Gasteiger partial charge is 0.315 e. The van der Waals surface area contributed by atoms with Crippen molar-refractivity contribution in [1.82, 2.24) is 20.0 Å². The van der Waals surface area contributed by atoms with Crippen LogP contribution in [0, 0.1) is 5.92 Å². The van der Waals surface area contributed by atoms with Crippen LogP contribution in [0.2, 0.25) is 0 Å². The second-order valence-electron chi connectivity index (χ2n) is 5.63. The van der Waals surface area contributed by atoms with Gasteiger partial charge in [0.2, 0.25) is 0 Å². The number of nitrogens with zero attached hydrogens (tertiary/aromatic N) is 3. The summed E-state index contributed by atoms with van der Waals surface area (Å²) < 4.78 is 2.12. The van der Waals surface area contributed by atoms with E-state index in [2.05, 4.69) is 60.8 Å². The van der Waals surface area contributed by atoms with Gasteiger partial charge >= 0.3 is 0 Å². The summed E-state index contributed by atoms with van der Waals surface area (Å²) in [5, 5.41) is 8.08. The van der Waals surface area contributed by atoms with Crippen molar-refractivity contribution in [3.8, 4) is 0 Å². The van der Waals surface area contributed by atoms with Crippen LogP contribution in [-0.4, -0.2) is 41.4 Å². The molecule has 1 N–H and O–H groups in total. The van der Waals surface area contributed by atoms with Crippen molar-refractivity contribution >= 4 is 0 Å². The maximum atomic E-state index is 4.59. The minimum atomic E-state index is 0.721. The van der Waals surface area contributed by atoms with Crippen molar-refractivity contribution in [3.05, 3.63) is 17.5 Å². The van der Waals surface area contributed by atoms with E-state index in [1.807, 2.05) is 0 Å². The van der Waals surface area contributed by atoms with Gasteiger partial charge in [-0.15, -0.1) is 0 Å². The Bertz CT molecular complexity index is 357. The lowest BCUT2D eigenvalue weighted by Crippen LogP contribution is -2.31. The molecular formula is C15H30N4. The van der Waals surface area contributed by atoms with Crippen LogP contribution in [0.5, 0.6) is 0 Å². The molecule has 0 bridgehead atoms. The molecule has 1 rings (SSSR count). The molecule has 0 unspecified atom stereocenters. The van der Waals surface area contributed by atoms with E-state index < -0.39 is 0 Å². The minimum absolute atomic E-state index is 0.721. The fourth-order valence-corrected chi connectivity index (χ4v) is 2.11. The lowest BCUT2D eigenvalue weighted by molar-refractivity contribution is 0.311. The molecule has 0 radical (unpaired) electrons. The highest BCUT2D eigenvalue weighted by Crippen LogP contribution is 2.07. The third-order valence-electron chi connectivity index (χ3n) is 3.23. The molecule has 0 aliphatic heterocycles. The van der Waals surface area contributed by atoms with E-state index in [1.54, 1.807) is 0 Å². The summed E-state index contributed by atoms with van der Waals surface area (Å²) in [4.78, 5) is 2.36. The lowest BCUT2D eigenvalue weighted by Gasteiger charge is -2.18. The molecule has 1 heterocycles. The molecule has 0 saturated carbocycles. The lowest BCUT2D eigenvalue weighted by atomic mass is 10.2. The quantitative estimate of drug-likeness (QED) is 0.695. The second-order valence-corrected chi connectivity index (χ2v) is 5.63. The van der Waals surface area contributed by atoms with Crippen LogP contribution in [0.15, 0.2) is 6.07 Å². The Hall–Kier alpha value is -0.870.